The smallest absolute Gasteiger partial charge is 0.321 e. The Morgan fingerprint density at radius 2 is 2.20 bits per heavy atom. The molecular weight excluding hydrogens is 196 g/mol. The predicted molar refractivity (Wildman–Crippen MR) is 54.8 cm³/mol. The highest BCUT2D eigenvalue weighted by Crippen LogP contribution is 2.17. The Bertz CT molecular complexity index is 229. The van der Waals surface area contributed by atoms with Crippen molar-refractivity contribution >= 4 is 5.97 Å². The molecule has 0 saturated carbocycles. The summed E-state index contributed by atoms with van der Waals surface area (Å²) in [6, 6.07) is -0.354. The van der Waals surface area contributed by atoms with E-state index in [1.54, 1.807) is 0 Å². The molecule has 15 heavy (non-hydrogen) atoms. The Kier molecular flexibility index (Phi) is 3.56. The second kappa shape index (κ2) is 4.92. The normalized spacial score (nSPS) is 33.1. The molecule has 0 radical (unpaired) electrons. The molecule has 0 aromatic rings. The number of nitrogens with one attached hydrogen (secondary N) is 1. The average Bonchev–Trinajstić information content (AvgIpc) is 2.67. The number of hydrogen-bond donors (Lipinski definition) is 2. The maximum atomic E-state index is 10.9. The number of morpholine rings is 1. The molecule has 5 heteroatoms. The predicted octanol–water partition coefficient (Wildman–Crippen LogP) is -0.619. The van der Waals surface area contributed by atoms with Gasteiger partial charge in [0.2, 0.25) is 0 Å². The lowest BCUT2D eigenvalue weighted by atomic mass is 10.00. The number of rotatable bonds is 3. The summed E-state index contributed by atoms with van der Waals surface area (Å²) in [5, 5.41) is 12.0. The molecule has 2 rings (SSSR count). The van der Waals surface area contributed by atoms with Gasteiger partial charge in [-0.1, -0.05) is 0 Å². The second-order valence-electron chi connectivity index (χ2n) is 4.23. The van der Waals surface area contributed by atoms with E-state index in [9.17, 15) is 4.79 Å². The van der Waals surface area contributed by atoms with Crippen LogP contribution in [0.2, 0.25) is 0 Å². The van der Waals surface area contributed by atoms with Gasteiger partial charge in [0.15, 0.2) is 0 Å². The summed E-state index contributed by atoms with van der Waals surface area (Å²) in [5.74, 6) is -0.466. The van der Waals surface area contributed by atoms with E-state index in [4.69, 9.17) is 9.84 Å². The Hall–Kier alpha value is -0.650. The van der Waals surface area contributed by atoms with E-state index in [2.05, 4.69) is 10.2 Å². The number of nitrogens with zero attached hydrogens (tertiary/aromatic N) is 1. The van der Waals surface area contributed by atoms with Gasteiger partial charge in [-0.25, -0.2) is 0 Å². The molecule has 2 heterocycles. The van der Waals surface area contributed by atoms with Crippen LogP contribution in [0.5, 0.6) is 0 Å². The van der Waals surface area contributed by atoms with Crippen molar-refractivity contribution in [3.05, 3.63) is 0 Å². The molecule has 0 amide bonds. The minimum atomic E-state index is -0.717. The zero-order valence-electron chi connectivity index (χ0n) is 8.82. The molecule has 0 unspecified atom stereocenters. The van der Waals surface area contributed by atoms with Crippen LogP contribution in [-0.2, 0) is 9.53 Å². The van der Waals surface area contributed by atoms with Gasteiger partial charge in [-0.05, 0) is 18.9 Å². The Labute approximate surface area is 89.4 Å². The van der Waals surface area contributed by atoms with Crippen molar-refractivity contribution in [1.29, 1.82) is 0 Å². The SMILES string of the molecule is O=C(O)[C@H]1NCC[C@H]1CN1CCOCC1. The topological polar surface area (TPSA) is 61.8 Å². The summed E-state index contributed by atoms with van der Waals surface area (Å²) in [5.41, 5.74) is 0. The molecule has 0 aliphatic carbocycles. The maximum Gasteiger partial charge on any atom is 0.321 e. The molecular formula is C10H18N2O3. The van der Waals surface area contributed by atoms with Gasteiger partial charge < -0.3 is 15.2 Å². The van der Waals surface area contributed by atoms with E-state index in [0.717, 1.165) is 45.8 Å². The van der Waals surface area contributed by atoms with E-state index < -0.39 is 5.97 Å². The van der Waals surface area contributed by atoms with Gasteiger partial charge in [0.25, 0.3) is 0 Å². The maximum absolute atomic E-state index is 10.9. The number of hydrogen-bond acceptors (Lipinski definition) is 4. The van der Waals surface area contributed by atoms with Gasteiger partial charge in [0.1, 0.15) is 6.04 Å². The first-order chi connectivity index (χ1) is 7.27. The monoisotopic (exact) mass is 214 g/mol. The summed E-state index contributed by atoms with van der Waals surface area (Å²) in [6.07, 6.45) is 0.967. The van der Waals surface area contributed by atoms with Crippen LogP contribution in [0.4, 0.5) is 0 Å². The van der Waals surface area contributed by atoms with Gasteiger partial charge in [0, 0.05) is 19.6 Å². The minimum Gasteiger partial charge on any atom is -0.480 e. The highest BCUT2D eigenvalue weighted by atomic mass is 16.5. The van der Waals surface area contributed by atoms with Gasteiger partial charge in [-0.2, -0.15) is 0 Å². The third-order valence-electron chi connectivity index (χ3n) is 3.21. The van der Waals surface area contributed by atoms with Gasteiger partial charge in [-0.15, -0.1) is 0 Å². The molecule has 0 bridgehead atoms. The van der Waals surface area contributed by atoms with Gasteiger partial charge in [0.05, 0.1) is 13.2 Å². The van der Waals surface area contributed by atoms with Crippen molar-refractivity contribution in [2.45, 2.75) is 12.5 Å². The van der Waals surface area contributed by atoms with E-state index in [1.807, 2.05) is 0 Å². The summed E-state index contributed by atoms with van der Waals surface area (Å²) >= 11 is 0. The quantitative estimate of drug-likeness (QED) is 0.655. The summed E-state index contributed by atoms with van der Waals surface area (Å²) < 4.78 is 5.26. The van der Waals surface area contributed by atoms with Crippen molar-refractivity contribution in [2.24, 2.45) is 5.92 Å². The standard InChI is InChI=1S/C10H18N2O3/c13-10(14)9-8(1-2-11-9)7-12-3-5-15-6-4-12/h8-9,11H,1-7H2,(H,13,14)/t8-,9-/m0/s1. The van der Waals surface area contributed by atoms with Crippen molar-refractivity contribution in [2.75, 3.05) is 39.4 Å². The molecule has 2 aliphatic rings. The van der Waals surface area contributed by atoms with E-state index >= 15 is 0 Å². The first-order valence-electron chi connectivity index (χ1n) is 5.53. The van der Waals surface area contributed by atoms with Crippen molar-refractivity contribution in [3.8, 4) is 0 Å². The van der Waals surface area contributed by atoms with E-state index in [-0.39, 0.29) is 12.0 Å². The first kappa shape index (κ1) is 10.9. The fourth-order valence-corrected chi connectivity index (χ4v) is 2.36. The summed E-state index contributed by atoms with van der Waals surface area (Å²) in [4.78, 5) is 13.3. The molecule has 2 saturated heterocycles. The summed E-state index contributed by atoms with van der Waals surface area (Å²) in [6.45, 7) is 5.13. The third-order valence-corrected chi connectivity index (χ3v) is 3.21. The van der Waals surface area contributed by atoms with Crippen LogP contribution in [0.3, 0.4) is 0 Å². The van der Waals surface area contributed by atoms with Crippen LogP contribution in [0.1, 0.15) is 6.42 Å². The van der Waals surface area contributed by atoms with Crippen molar-refractivity contribution < 1.29 is 14.6 Å². The molecule has 5 nitrogen and oxygen atoms in total. The zero-order valence-corrected chi connectivity index (χ0v) is 8.82. The average molecular weight is 214 g/mol. The molecule has 2 atom stereocenters. The number of carboxylic acid groups (broad SMARTS) is 1. The lowest BCUT2D eigenvalue weighted by Crippen LogP contribution is -2.44. The fourth-order valence-electron chi connectivity index (χ4n) is 2.36. The third kappa shape index (κ3) is 2.68. The summed E-state index contributed by atoms with van der Waals surface area (Å²) in [7, 11) is 0. The Morgan fingerprint density at radius 3 is 2.87 bits per heavy atom. The molecule has 86 valence electrons. The lowest BCUT2D eigenvalue weighted by molar-refractivity contribution is -0.140. The van der Waals surface area contributed by atoms with Crippen LogP contribution in [0, 0.1) is 5.92 Å². The van der Waals surface area contributed by atoms with Crippen LogP contribution in [-0.4, -0.2) is 61.4 Å². The van der Waals surface area contributed by atoms with Crippen LogP contribution < -0.4 is 5.32 Å². The second-order valence-corrected chi connectivity index (χ2v) is 4.23. The van der Waals surface area contributed by atoms with Gasteiger partial charge >= 0.3 is 5.97 Å². The first-order valence-corrected chi connectivity index (χ1v) is 5.53. The zero-order chi connectivity index (χ0) is 10.7. The fraction of sp³-hybridized carbons (Fsp3) is 0.900. The largest absolute Gasteiger partial charge is 0.480 e. The van der Waals surface area contributed by atoms with Crippen LogP contribution >= 0.6 is 0 Å². The van der Waals surface area contributed by atoms with Crippen molar-refractivity contribution in [3.63, 3.8) is 0 Å². The van der Waals surface area contributed by atoms with E-state index in [1.165, 1.54) is 0 Å². The van der Waals surface area contributed by atoms with Gasteiger partial charge in [-0.3, -0.25) is 9.69 Å². The highest BCUT2D eigenvalue weighted by Gasteiger charge is 2.33. The van der Waals surface area contributed by atoms with E-state index in [0.29, 0.717) is 0 Å². The number of carbonyl (C=O) groups is 1. The van der Waals surface area contributed by atoms with Crippen molar-refractivity contribution in [1.82, 2.24) is 10.2 Å². The number of aliphatic carboxylic acids is 1. The van der Waals surface area contributed by atoms with Crippen LogP contribution in [0.15, 0.2) is 0 Å². The molecule has 0 aromatic heterocycles. The molecule has 2 aliphatic heterocycles. The lowest BCUT2D eigenvalue weighted by Gasteiger charge is -2.30. The Morgan fingerprint density at radius 1 is 1.47 bits per heavy atom. The number of carboxylic acids is 1. The number of ether oxygens (including phenoxy) is 1. The van der Waals surface area contributed by atoms with Crippen LogP contribution in [0.25, 0.3) is 0 Å². The highest BCUT2D eigenvalue weighted by molar-refractivity contribution is 5.74. The Balaban J connectivity index is 1.84. The molecule has 2 fully saturated rings. The molecule has 2 N–H and O–H groups in total. The molecule has 0 spiro atoms. The molecule has 0 aromatic carbocycles. The minimum absolute atomic E-state index is 0.251.